The molecule has 1 amide bonds. The zero-order chi connectivity index (χ0) is 14.4. The lowest BCUT2D eigenvalue weighted by Gasteiger charge is -2.13. The van der Waals surface area contributed by atoms with E-state index in [-0.39, 0.29) is 12.3 Å². The molecular formula is C17H17NO2. The molecule has 20 heavy (non-hydrogen) atoms. The van der Waals surface area contributed by atoms with Crippen LogP contribution < -0.4 is 5.06 Å². The second-order valence-corrected chi connectivity index (χ2v) is 4.39. The normalized spacial score (nSPS) is 10.7. The van der Waals surface area contributed by atoms with Gasteiger partial charge in [-0.25, -0.2) is 0 Å². The average molecular weight is 267 g/mol. The van der Waals surface area contributed by atoms with Crippen LogP contribution in [0.15, 0.2) is 54.6 Å². The Morgan fingerprint density at radius 2 is 1.55 bits per heavy atom. The second-order valence-electron chi connectivity index (χ2n) is 4.39. The maximum atomic E-state index is 11.4. The summed E-state index contributed by atoms with van der Waals surface area (Å²) in [6.07, 6.45) is 4.28. The molecule has 2 aromatic rings. The Morgan fingerprint density at radius 1 is 1.00 bits per heavy atom. The molecule has 102 valence electrons. The summed E-state index contributed by atoms with van der Waals surface area (Å²) < 4.78 is 0. The van der Waals surface area contributed by atoms with Crippen LogP contribution in [0.1, 0.15) is 24.5 Å². The Bertz CT molecular complexity index is 588. The third-order valence-electron chi connectivity index (χ3n) is 2.94. The van der Waals surface area contributed by atoms with Gasteiger partial charge in [-0.15, -0.1) is 0 Å². The lowest BCUT2D eigenvalue weighted by Crippen LogP contribution is -2.25. The van der Waals surface area contributed by atoms with Gasteiger partial charge in [0, 0.05) is 6.42 Å². The number of hydroxylamine groups is 1. The highest BCUT2D eigenvalue weighted by Crippen LogP contribution is 2.16. The van der Waals surface area contributed by atoms with Crippen molar-refractivity contribution in [1.82, 2.24) is 0 Å². The number of carbonyl (C=O) groups is 1. The molecule has 3 heteroatoms. The van der Waals surface area contributed by atoms with Crippen LogP contribution in [-0.2, 0) is 4.79 Å². The van der Waals surface area contributed by atoms with Gasteiger partial charge in [-0.1, -0.05) is 61.5 Å². The Kier molecular flexibility index (Phi) is 4.69. The molecular weight excluding hydrogens is 250 g/mol. The van der Waals surface area contributed by atoms with Crippen molar-refractivity contribution in [2.75, 3.05) is 5.06 Å². The molecule has 0 aromatic heterocycles. The Hall–Kier alpha value is -2.39. The molecule has 0 atom stereocenters. The van der Waals surface area contributed by atoms with E-state index in [1.165, 1.54) is 0 Å². The van der Waals surface area contributed by atoms with Crippen molar-refractivity contribution in [2.24, 2.45) is 0 Å². The first-order valence-electron chi connectivity index (χ1n) is 6.55. The zero-order valence-corrected chi connectivity index (χ0v) is 11.4. The van der Waals surface area contributed by atoms with Crippen LogP contribution in [0.25, 0.3) is 12.2 Å². The van der Waals surface area contributed by atoms with Crippen molar-refractivity contribution in [3.8, 4) is 0 Å². The molecule has 0 aliphatic carbocycles. The Labute approximate surface area is 118 Å². The minimum Gasteiger partial charge on any atom is -0.281 e. The lowest BCUT2D eigenvalue weighted by molar-refractivity contribution is -0.123. The zero-order valence-electron chi connectivity index (χ0n) is 11.4. The number of nitrogens with zero attached hydrogens (tertiary/aromatic N) is 1. The molecule has 0 spiro atoms. The number of rotatable bonds is 4. The van der Waals surface area contributed by atoms with E-state index in [4.69, 9.17) is 0 Å². The van der Waals surface area contributed by atoms with Crippen LogP contribution >= 0.6 is 0 Å². The van der Waals surface area contributed by atoms with Gasteiger partial charge in [-0.05, 0) is 23.3 Å². The van der Waals surface area contributed by atoms with Crippen LogP contribution in [0.5, 0.6) is 0 Å². The molecule has 0 unspecified atom stereocenters. The lowest BCUT2D eigenvalue weighted by atomic mass is 10.1. The van der Waals surface area contributed by atoms with Gasteiger partial charge in [0.1, 0.15) is 0 Å². The van der Waals surface area contributed by atoms with Gasteiger partial charge in [0.25, 0.3) is 0 Å². The van der Waals surface area contributed by atoms with Crippen molar-refractivity contribution in [3.05, 3.63) is 65.7 Å². The highest BCUT2D eigenvalue weighted by molar-refractivity contribution is 5.90. The monoisotopic (exact) mass is 267 g/mol. The van der Waals surface area contributed by atoms with E-state index in [0.717, 1.165) is 11.1 Å². The third-order valence-corrected chi connectivity index (χ3v) is 2.94. The van der Waals surface area contributed by atoms with Crippen molar-refractivity contribution < 1.29 is 10.0 Å². The highest BCUT2D eigenvalue weighted by atomic mass is 16.5. The number of benzene rings is 2. The van der Waals surface area contributed by atoms with E-state index < -0.39 is 0 Å². The predicted molar refractivity (Wildman–Crippen MR) is 81.4 cm³/mol. The smallest absolute Gasteiger partial charge is 0.250 e. The molecule has 2 aromatic carbocycles. The molecule has 0 fully saturated rings. The Morgan fingerprint density at radius 3 is 2.10 bits per heavy atom. The first-order chi connectivity index (χ1) is 9.70. The molecule has 2 rings (SSSR count). The van der Waals surface area contributed by atoms with Gasteiger partial charge in [0.05, 0.1) is 5.69 Å². The molecule has 0 aliphatic heterocycles. The standard InChI is InChI=1S/C17H17NO2/c1-2-17(19)18(20)16-12-10-15(11-13-16)9-8-14-6-4-3-5-7-14/h3-13,20H,2H2,1H3. The van der Waals surface area contributed by atoms with Gasteiger partial charge >= 0.3 is 0 Å². The van der Waals surface area contributed by atoms with Crippen molar-refractivity contribution >= 4 is 23.7 Å². The van der Waals surface area contributed by atoms with Gasteiger partial charge in [0.15, 0.2) is 0 Å². The molecule has 0 heterocycles. The summed E-state index contributed by atoms with van der Waals surface area (Å²) in [5, 5.41) is 10.3. The third kappa shape index (κ3) is 3.56. The summed E-state index contributed by atoms with van der Waals surface area (Å²) in [5.74, 6) is -0.322. The quantitative estimate of drug-likeness (QED) is 0.517. The molecule has 0 saturated heterocycles. The van der Waals surface area contributed by atoms with E-state index in [1.807, 2.05) is 54.6 Å². The van der Waals surface area contributed by atoms with Gasteiger partial charge < -0.3 is 0 Å². The van der Waals surface area contributed by atoms with E-state index in [2.05, 4.69) is 0 Å². The summed E-state index contributed by atoms with van der Waals surface area (Å²) in [7, 11) is 0. The van der Waals surface area contributed by atoms with E-state index >= 15 is 0 Å². The van der Waals surface area contributed by atoms with Gasteiger partial charge in [-0.3, -0.25) is 10.0 Å². The van der Waals surface area contributed by atoms with Crippen LogP contribution in [0.3, 0.4) is 0 Å². The van der Waals surface area contributed by atoms with Gasteiger partial charge in [-0.2, -0.15) is 5.06 Å². The minimum atomic E-state index is -0.322. The maximum Gasteiger partial charge on any atom is 0.250 e. The summed E-state index contributed by atoms with van der Waals surface area (Å²) in [6.45, 7) is 1.71. The topological polar surface area (TPSA) is 40.5 Å². The molecule has 3 nitrogen and oxygen atoms in total. The summed E-state index contributed by atoms with van der Waals surface area (Å²) in [6, 6.07) is 17.2. The van der Waals surface area contributed by atoms with Crippen LogP contribution in [0.2, 0.25) is 0 Å². The number of amides is 1. The van der Waals surface area contributed by atoms with Gasteiger partial charge in [0.2, 0.25) is 5.91 Å². The maximum absolute atomic E-state index is 11.4. The number of anilines is 1. The van der Waals surface area contributed by atoms with Crippen LogP contribution in [0, 0.1) is 0 Å². The summed E-state index contributed by atoms with van der Waals surface area (Å²) in [4.78, 5) is 11.4. The van der Waals surface area contributed by atoms with Crippen molar-refractivity contribution in [2.45, 2.75) is 13.3 Å². The summed E-state index contributed by atoms with van der Waals surface area (Å²) >= 11 is 0. The molecule has 0 bridgehead atoms. The first-order valence-corrected chi connectivity index (χ1v) is 6.55. The highest BCUT2D eigenvalue weighted by Gasteiger charge is 2.09. The summed E-state index contributed by atoms with van der Waals surface area (Å²) in [5.41, 5.74) is 2.62. The Balaban J connectivity index is 2.09. The number of hydrogen-bond donors (Lipinski definition) is 1. The van der Waals surface area contributed by atoms with E-state index in [0.29, 0.717) is 10.8 Å². The molecule has 0 aliphatic rings. The van der Waals surface area contributed by atoms with Crippen molar-refractivity contribution in [1.29, 1.82) is 0 Å². The SMILES string of the molecule is CCC(=O)N(O)c1ccc(C=Cc2ccccc2)cc1. The second kappa shape index (κ2) is 6.68. The number of carbonyl (C=O) groups excluding carboxylic acids is 1. The predicted octanol–water partition coefficient (Wildman–Crippen LogP) is 3.99. The fraction of sp³-hybridized carbons (Fsp3) is 0.118. The molecule has 1 N–H and O–H groups in total. The van der Waals surface area contributed by atoms with Crippen LogP contribution in [-0.4, -0.2) is 11.1 Å². The largest absolute Gasteiger partial charge is 0.281 e. The number of hydrogen-bond acceptors (Lipinski definition) is 2. The van der Waals surface area contributed by atoms with E-state index in [9.17, 15) is 10.0 Å². The van der Waals surface area contributed by atoms with Crippen LogP contribution in [0.4, 0.5) is 5.69 Å². The minimum absolute atomic E-state index is 0.270. The average Bonchev–Trinajstić information content (AvgIpc) is 2.53. The fourth-order valence-electron chi connectivity index (χ4n) is 1.78. The molecule has 0 saturated carbocycles. The first kappa shape index (κ1) is 14.0. The van der Waals surface area contributed by atoms with E-state index in [1.54, 1.807) is 19.1 Å². The fourth-order valence-corrected chi connectivity index (χ4v) is 1.78. The van der Waals surface area contributed by atoms with Crippen molar-refractivity contribution in [3.63, 3.8) is 0 Å². The molecule has 0 radical (unpaired) electrons.